The van der Waals surface area contributed by atoms with E-state index in [9.17, 15) is 4.79 Å². The van der Waals surface area contributed by atoms with E-state index in [1.54, 1.807) is 12.4 Å². The summed E-state index contributed by atoms with van der Waals surface area (Å²) in [6.07, 6.45) is 3.45. The third-order valence-electron chi connectivity index (χ3n) is 5.00. The zero-order valence-electron chi connectivity index (χ0n) is 15.9. The first kappa shape index (κ1) is 18.5. The molecule has 3 aromatic heterocycles. The van der Waals surface area contributed by atoms with Gasteiger partial charge in [0.15, 0.2) is 0 Å². The topological polar surface area (TPSA) is 70.7 Å². The van der Waals surface area contributed by atoms with Crippen LogP contribution in [0, 0.1) is 0 Å². The minimum atomic E-state index is -0.220. The average Bonchev–Trinajstić information content (AvgIpc) is 3.16. The van der Waals surface area contributed by atoms with Crippen LogP contribution in [0.15, 0.2) is 83.6 Å². The number of aromatic nitrogens is 3. The van der Waals surface area contributed by atoms with Crippen LogP contribution in [-0.4, -0.2) is 20.9 Å². The predicted octanol–water partition coefficient (Wildman–Crippen LogP) is 5.47. The first-order valence-electron chi connectivity index (χ1n) is 9.53. The van der Waals surface area contributed by atoms with Gasteiger partial charge in [-0.25, -0.2) is 4.98 Å². The molecule has 0 aliphatic heterocycles. The number of benzene rings is 2. The third-order valence-corrected chi connectivity index (χ3v) is 5.50. The number of fused-ring (bicyclic) bond motifs is 3. The summed E-state index contributed by atoms with van der Waals surface area (Å²) in [7, 11) is 0. The highest BCUT2D eigenvalue weighted by Gasteiger charge is 2.17. The van der Waals surface area contributed by atoms with E-state index in [4.69, 9.17) is 4.98 Å². The number of carbonyl (C=O) groups excluding carboxylic acids is 1. The van der Waals surface area contributed by atoms with Crippen molar-refractivity contribution in [1.29, 1.82) is 0 Å². The molecule has 0 aliphatic rings. The Balaban J connectivity index is 1.63. The van der Waals surface area contributed by atoms with Crippen LogP contribution in [0.25, 0.3) is 33.1 Å². The van der Waals surface area contributed by atoms with Crippen LogP contribution < -0.4 is 5.32 Å². The summed E-state index contributed by atoms with van der Waals surface area (Å²) in [4.78, 5) is 25.3. The van der Waals surface area contributed by atoms with Crippen molar-refractivity contribution in [2.45, 2.75) is 6.54 Å². The number of aromatic amines is 1. The van der Waals surface area contributed by atoms with Gasteiger partial charge in [0, 0.05) is 45.3 Å². The van der Waals surface area contributed by atoms with Gasteiger partial charge in [0.25, 0.3) is 5.91 Å². The van der Waals surface area contributed by atoms with E-state index in [1.807, 2.05) is 60.7 Å². The molecule has 1 amide bonds. The maximum Gasteiger partial charge on any atom is 0.270 e. The molecule has 0 radical (unpaired) electrons. The fourth-order valence-electron chi connectivity index (χ4n) is 3.58. The Morgan fingerprint density at radius 2 is 1.90 bits per heavy atom. The van der Waals surface area contributed by atoms with Crippen LogP contribution in [0.3, 0.4) is 0 Å². The third kappa shape index (κ3) is 3.46. The van der Waals surface area contributed by atoms with E-state index in [1.165, 1.54) is 0 Å². The minimum Gasteiger partial charge on any atom is -0.353 e. The van der Waals surface area contributed by atoms with Crippen LogP contribution in [0.2, 0.25) is 0 Å². The molecule has 5 rings (SSSR count). The maximum absolute atomic E-state index is 13.0. The number of pyridine rings is 2. The molecule has 0 fully saturated rings. The van der Waals surface area contributed by atoms with Crippen LogP contribution >= 0.6 is 15.9 Å². The van der Waals surface area contributed by atoms with Crippen molar-refractivity contribution < 1.29 is 4.79 Å². The number of carbonyl (C=O) groups is 1. The molecule has 0 atom stereocenters. The fraction of sp³-hybridized carbons (Fsp3) is 0.0417. The molecular formula is C24H17BrN4O. The van der Waals surface area contributed by atoms with Crippen LogP contribution in [0.5, 0.6) is 0 Å². The average molecular weight is 457 g/mol. The number of nitrogens with one attached hydrogen (secondary N) is 2. The number of para-hydroxylation sites is 1. The first-order chi connectivity index (χ1) is 14.7. The number of rotatable bonds is 4. The van der Waals surface area contributed by atoms with E-state index < -0.39 is 0 Å². The zero-order chi connectivity index (χ0) is 20.5. The molecule has 0 aliphatic carbocycles. The molecule has 0 saturated carbocycles. The van der Waals surface area contributed by atoms with Gasteiger partial charge in [0.05, 0.1) is 11.2 Å². The lowest BCUT2D eigenvalue weighted by Crippen LogP contribution is -2.24. The van der Waals surface area contributed by atoms with Crippen LogP contribution in [0.1, 0.15) is 16.1 Å². The predicted molar refractivity (Wildman–Crippen MR) is 122 cm³/mol. The van der Waals surface area contributed by atoms with Gasteiger partial charge in [-0.1, -0.05) is 52.3 Å². The summed E-state index contributed by atoms with van der Waals surface area (Å²) >= 11 is 3.53. The van der Waals surface area contributed by atoms with Gasteiger partial charge in [-0.15, -0.1) is 0 Å². The van der Waals surface area contributed by atoms with Crippen molar-refractivity contribution in [3.05, 3.63) is 94.9 Å². The van der Waals surface area contributed by atoms with Crippen LogP contribution in [0.4, 0.5) is 0 Å². The van der Waals surface area contributed by atoms with Gasteiger partial charge in [-0.2, -0.15) is 0 Å². The Bertz CT molecular complexity index is 1380. The summed E-state index contributed by atoms with van der Waals surface area (Å²) in [5, 5.41) is 4.99. The maximum atomic E-state index is 13.0. The van der Waals surface area contributed by atoms with Crippen molar-refractivity contribution in [3.63, 3.8) is 0 Å². The van der Waals surface area contributed by atoms with E-state index in [-0.39, 0.29) is 5.91 Å². The standard InChI is InChI=1S/C24H17BrN4O/c25-17-7-3-6-16(11-17)22-23-19(18-8-1-2-9-20(18)28-23)12-21(29-22)24(30)27-14-15-5-4-10-26-13-15/h1-13,28H,14H2,(H,27,30). The largest absolute Gasteiger partial charge is 0.353 e. The molecule has 3 heterocycles. The van der Waals surface area contributed by atoms with Gasteiger partial charge in [-0.3, -0.25) is 9.78 Å². The van der Waals surface area contributed by atoms with Crippen molar-refractivity contribution in [3.8, 4) is 11.3 Å². The lowest BCUT2D eigenvalue weighted by atomic mass is 10.1. The Labute approximate surface area is 181 Å². The fourth-order valence-corrected chi connectivity index (χ4v) is 3.98. The monoisotopic (exact) mass is 456 g/mol. The smallest absolute Gasteiger partial charge is 0.270 e. The second kappa shape index (κ2) is 7.72. The summed E-state index contributed by atoms with van der Waals surface area (Å²) in [5.41, 5.74) is 4.92. The van der Waals surface area contributed by atoms with Crippen molar-refractivity contribution in [2.75, 3.05) is 0 Å². The molecule has 6 heteroatoms. The second-order valence-electron chi connectivity index (χ2n) is 7.00. The normalized spacial score (nSPS) is 11.1. The summed E-state index contributed by atoms with van der Waals surface area (Å²) < 4.78 is 0.956. The highest BCUT2D eigenvalue weighted by atomic mass is 79.9. The van der Waals surface area contributed by atoms with Crippen molar-refractivity contribution in [2.24, 2.45) is 0 Å². The Hall–Kier alpha value is -3.51. The van der Waals surface area contributed by atoms with Gasteiger partial charge in [-0.05, 0) is 35.9 Å². The first-order valence-corrected chi connectivity index (χ1v) is 10.3. The lowest BCUT2D eigenvalue weighted by molar-refractivity contribution is 0.0946. The highest BCUT2D eigenvalue weighted by Crippen LogP contribution is 2.33. The lowest BCUT2D eigenvalue weighted by Gasteiger charge is -2.09. The molecule has 0 spiro atoms. The van der Waals surface area contributed by atoms with Gasteiger partial charge in [0.2, 0.25) is 0 Å². The molecule has 146 valence electrons. The molecule has 2 N–H and O–H groups in total. The summed E-state index contributed by atoms with van der Waals surface area (Å²) in [5.74, 6) is -0.220. The number of nitrogens with zero attached hydrogens (tertiary/aromatic N) is 2. The molecule has 0 bridgehead atoms. The summed E-state index contributed by atoms with van der Waals surface area (Å²) in [6.45, 7) is 0.395. The number of amides is 1. The highest BCUT2D eigenvalue weighted by molar-refractivity contribution is 9.10. The molecule has 5 nitrogen and oxygen atoms in total. The molecule has 0 saturated heterocycles. The number of halogens is 1. The molecular weight excluding hydrogens is 440 g/mol. The van der Waals surface area contributed by atoms with Crippen molar-refractivity contribution in [1.82, 2.24) is 20.3 Å². The quantitative estimate of drug-likeness (QED) is 0.376. The molecule has 0 unspecified atom stereocenters. The minimum absolute atomic E-state index is 0.220. The zero-order valence-corrected chi connectivity index (χ0v) is 17.5. The van der Waals surface area contributed by atoms with Gasteiger partial charge < -0.3 is 10.3 Å². The molecule has 5 aromatic rings. The van der Waals surface area contributed by atoms with E-state index in [2.05, 4.69) is 37.3 Å². The SMILES string of the molecule is O=C(NCc1cccnc1)c1cc2c([nH]c3ccccc32)c(-c2cccc(Br)c2)n1. The summed E-state index contributed by atoms with van der Waals surface area (Å²) in [6, 6.07) is 21.6. The van der Waals surface area contributed by atoms with E-state index in [0.29, 0.717) is 12.2 Å². The Morgan fingerprint density at radius 1 is 1.00 bits per heavy atom. The number of hydrogen-bond acceptors (Lipinski definition) is 3. The molecule has 2 aromatic carbocycles. The van der Waals surface area contributed by atoms with Gasteiger partial charge >= 0.3 is 0 Å². The van der Waals surface area contributed by atoms with Gasteiger partial charge in [0.1, 0.15) is 5.69 Å². The van der Waals surface area contributed by atoms with E-state index >= 15 is 0 Å². The Kier molecular flexibility index (Phi) is 4.77. The van der Waals surface area contributed by atoms with Crippen LogP contribution in [-0.2, 0) is 6.54 Å². The Morgan fingerprint density at radius 3 is 2.73 bits per heavy atom. The number of H-pyrrole nitrogens is 1. The second-order valence-corrected chi connectivity index (χ2v) is 7.92. The van der Waals surface area contributed by atoms with Crippen molar-refractivity contribution >= 4 is 43.6 Å². The molecule has 30 heavy (non-hydrogen) atoms. The van der Waals surface area contributed by atoms with E-state index in [0.717, 1.165) is 43.1 Å². The number of hydrogen-bond donors (Lipinski definition) is 2.